The molecular weight excluding hydrogens is 374 g/mol. The standard InChI is InChI=1S/C20H21N5O4/c1-13-16-5-3-4-6-17(16)20(28)25(24-13)12-19(27)23-22-18(26)11-21-14-7-9-15(29-2)10-8-14/h3-10,21H,11-12H2,1-2H3,(H,22,26)(H,23,27). The fraction of sp³-hybridized carbons (Fsp3) is 0.200. The average Bonchev–Trinajstić information content (AvgIpc) is 2.74. The molecule has 2 amide bonds. The van der Waals surface area contributed by atoms with E-state index in [1.165, 1.54) is 0 Å². The van der Waals surface area contributed by atoms with Crippen molar-refractivity contribution in [2.75, 3.05) is 19.0 Å². The molecule has 0 spiro atoms. The van der Waals surface area contributed by atoms with Gasteiger partial charge in [-0.3, -0.25) is 25.2 Å². The van der Waals surface area contributed by atoms with Crippen LogP contribution < -0.4 is 26.5 Å². The van der Waals surface area contributed by atoms with Crippen molar-refractivity contribution in [2.45, 2.75) is 13.5 Å². The van der Waals surface area contributed by atoms with E-state index in [1.807, 2.05) is 6.07 Å². The first kappa shape index (κ1) is 19.9. The molecule has 3 aromatic rings. The SMILES string of the molecule is COc1ccc(NCC(=O)NNC(=O)Cn2nc(C)c3ccccc3c2=O)cc1. The summed E-state index contributed by atoms with van der Waals surface area (Å²) in [7, 11) is 1.57. The summed E-state index contributed by atoms with van der Waals surface area (Å²) in [6.07, 6.45) is 0. The molecule has 3 N–H and O–H groups in total. The highest BCUT2D eigenvalue weighted by atomic mass is 16.5. The molecule has 9 nitrogen and oxygen atoms in total. The fourth-order valence-corrected chi connectivity index (χ4v) is 2.76. The minimum atomic E-state index is -0.563. The second-order valence-corrected chi connectivity index (χ2v) is 6.27. The van der Waals surface area contributed by atoms with E-state index in [1.54, 1.807) is 56.5 Å². The molecule has 0 fully saturated rings. The number of carbonyl (C=O) groups is 2. The molecule has 0 aliphatic heterocycles. The third kappa shape index (κ3) is 4.89. The zero-order valence-corrected chi connectivity index (χ0v) is 16.1. The molecule has 1 heterocycles. The Labute approximate surface area is 166 Å². The van der Waals surface area contributed by atoms with Gasteiger partial charge in [-0.15, -0.1) is 0 Å². The fourth-order valence-electron chi connectivity index (χ4n) is 2.76. The maximum absolute atomic E-state index is 12.5. The first-order chi connectivity index (χ1) is 14.0. The number of rotatable bonds is 6. The molecule has 0 aliphatic rings. The minimum absolute atomic E-state index is 0.0418. The summed E-state index contributed by atoms with van der Waals surface area (Å²) >= 11 is 0. The predicted molar refractivity (Wildman–Crippen MR) is 109 cm³/mol. The topological polar surface area (TPSA) is 114 Å². The third-order valence-corrected chi connectivity index (χ3v) is 4.23. The number of nitrogens with zero attached hydrogens (tertiary/aromatic N) is 2. The monoisotopic (exact) mass is 395 g/mol. The molecule has 0 aliphatic carbocycles. The Morgan fingerprint density at radius 1 is 1.00 bits per heavy atom. The number of amides is 2. The number of hydrogen-bond acceptors (Lipinski definition) is 6. The van der Waals surface area contributed by atoms with Crippen LogP contribution in [0.2, 0.25) is 0 Å². The van der Waals surface area contributed by atoms with Crippen molar-refractivity contribution in [2.24, 2.45) is 0 Å². The first-order valence-electron chi connectivity index (χ1n) is 8.90. The summed E-state index contributed by atoms with van der Waals surface area (Å²) in [4.78, 5) is 36.5. The molecule has 0 saturated heterocycles. The van der Waals surface area contributed by atoms with E-state index in [2.05, 4.69) is 21.3 Å². The second kappa shape index (κ2) is 8.87. The number of methoxy groups -OCH3 is 1. The number of hydrogen-bond donors (Lipinski definition) is 3. The van der Waals surface area contributed by atoms with Gasteiger partial charge < -0.3 is 10.1 Å². The molecule has 0 unspecified atom stereocenters. The van der Waals surface area contributed by atoms with E-state index in [4.69, 9.17) is 4.74 Å². The molecule has 1 aromatic heterocycles. The minimum Gasteiger partial charge on any atom is -0.497 e. The van der Waals surface area contributed by atoms with Crippen LogP contribution in [-0.4, -0.2) is 35.2 Å². The van der Waals surface area contributed by atoms with E-state index in [-0.39, 0.29) is 18.6 Å². The van der Waals surface area contributed by atoms with Crippen molar-refractivity contribution < 1.29 is 14.3 Å². The van der Waals surface area contributed by atoms with Gasteiger partial charge >= 0.3 is 0 Å². The maximum Gasteiger partial charge on any atom is 0.275 e. The van der Waals surface area contributed by atoms with Gasteiger partial charge in [-0.2, -0.15) is 5.10 Å². The third-order valence-electron chi connectivity index (χ3n) is 4.23. The number of fused-ring (bicyclic) bond motifs is 1. The number of nitrogens with one attached hydrogen (secondary N) is 3. The Balaban J connectivity index is 1.53. The second-order valence-electron chi connectivity index (χ2n) is 6.27. The van der Waals surface area contributed by atoms with Crippen LogP contribution in [0.15, 0.2) is 53.3 Å². The van der Waals surface area contributed by atoms with Crippen LogP contribution in [0, 0.1) is 6.92 Å². The lowest BCUT2D eigenvalue weighted by Gasteiger charge is -2.11. The molecule has 0 saturated carbocycles. The predicted octanol–water partition coefficient (Wildman–Crippen LogP) is 0.973. The van der Waals surface area contributed by atoms with Gasteiger partial charge in [0.25, 0.3) is 17.4 Å². The summed E-state index contributed by atoms with van der Waals surface area (Å²) in [5, 5.41) is 8.31. The van der Waals surface area contributed by atoms with Crippen LogP contribution in [0.5, 0.6) is 5.75 Å². The van der Waals surface area contributed by atoms with Gasteiger partial charge in [0.05, 0.1) is 24.7 Å². The van der Waals surface area contributed by atoms with Crippen molar-refractivity contribution in [3.05, 3.63) is 64.6 Å². The number of carbonyl (C=O) groups excluding carboxylic acids is 2. The average molecular weight is 395 g/mol. The van der Waals surface area contributed by atoms with Gasteiger partial charge in [0, 0.05) is 11.1 Å². The summed E-state index contributed by atoms with van der Waals surface area (Å²) in [6.45, 7) is 1.42. The van der Waals surface area contributed by atoms with E-state index < -0.39 is 11.8 Å². The van der Waals surface area contributed by atoms with Crippen molar-refractivity contribution in [1.29, 1.82) is 0 Å². The molecule has 2 aromatic carbocycles. The highest BCUT2D eigenvalue weighted by Gasteiger charge is 2.11. The van der Waals surface area contributed by atoms with Crippen molar-refractivity contribution in [3.8, 4) is 5.75 Å². The van der Waals surface area contributed by atoms with Crippen molar-refractivity contribution >= 4 is 28.3 Å². The number of ether oxygens (including phenoxy) is 1. The van der Waals surface area contributed by atoms with E-state index >= 15 is 0 Å². The lowest BCUT2D eigenvalue weighted by molar-refractivity contribution is -0.128. The number of benzene rings is 2. The van der Waals surface area contributed by atoms with Crippen molar-refractivity contribution in [3.63, 3.8) is 0 Å². The van der Waals surface area contributed by atoms with Crippen molar-refractivity contribution in [1.82, 2.24) is 20.6 Å². The summed E-state index contributed by atoms with van der Waals surface area (Å²) in [5.41, 5.74) is 5.58. The maximum atomic E-state index is 12.5. The van der Waals surface area contributed by atoms with Crippen LogP contribution in [0.4, 0.5) is 5.69 Å². The van der Waals surface area contributed by atoms with Gasteiger partial charge in [0.15, 0.2) is 0 Å². The summed E-state index contributed by atoms with van der Waals surface area (Å²) < 4.78 is 6.14. The first-order valence-corrected chi connectivity index (χ1v) is 8.90. The van der Waals surface area contributed by atoms with E-state index in [0.717, 1.165) is 15.8 Å². The Hall–Kier alpha value is -3.88. The zero-order valence-electron chi connectivity index (χ0n) is 16.1. The van der Waals surface area contributed by atoms with Gasteiger partial charge in [-0.25, -0.2) is 4.68 Å². The Bertz CT molecular complexity index is 1090. The Morgan fingerprint density at radius 2 is 1.66 bits per heavy atom. The van der Waals surface area contributed by atoms with E-state index in [9.17, 15) is 14.4 Å². The quantitative estimate of drug-likeness (QED) is 0.536. The van der Waals surface area contributed by atoms with Gasteiger partial charge in [0.2, 0.25) is 0 Å². The molecule has 9 heteroatoms. The molecular formula is C20H21N5O4. The summed E-state index contributed by atoms with van der Waals surface area (Å²) in [6, 6.07) is 14.1. The Morgan fingerprint density at radius 3 is 2.34 bits per heavy atom. The molecule has 0 atom stereocenters. The van der Waals surface area contributed by atoms with Crippen LogP contribution in [0.25, 0.3) is 10.8 Å². The largest absolute Gasteiger partial charge is 0.497 e. The highest BCUT2D eigenvalue weighted by molar-refractivity contribution is 5.85. The number of aryl methyl sites for hydroxylation is 1. The molecule has 3 rings (SSSR count). The smallest absolute Gasteiger partial charge is 0.275 e. The molecule has 29 heavy (non-hydrogen) atoms. The molecule has 0 radical (unpaired) electrons. The van der Waals surface area contributed by atoms with Gasteiger partial charge in [0.1, 0.15) is 12.3 Å². The lowest BCUT2D eigenvalue weighted by atomic mass is 10.1. The van der Waals surface area contributed by atoms with Crippen LogP contribution >= 0.6 is 0 Å². The van der Waals surface area contributed by atoms with Crippen LogP contribution in [0.3, 0.4) is 0 Å². The number of hydrazine groups is 1. The Kier molecular flexibility index (Phi) is 6.08. The van der Waals surface area contributed by atoms with Crippen LogP contribution in [-0.2, 0) is 16.1 Å². The van der Waals surface area contributed by atoms with Gasteiger partial charge in [-0.05, 0) is 37.3 Å². The summed E-state index contributed by atoms with van der Waals surface area (Å²) in [5.74, 6) is -0.295. The normalized spacial score (nSPS) is 10.4. The van der Waals surface area contributed by atoms with Gasteiger partial charge in [-0.1, -0.05) is 18.2 Å². The molecule has 150 valence electrons. The number of anilines is 1. The highest BCUT2D eigenvalue weighted by Crippen LogP contribution is 2.14. The molecule has 0 bridgehead atoms. The van der Waals surface area contributed by atoms with E-state index in [0.29, 0.717) is 16.8 Å². The lowest BCUT2D eigenvalue weighted by Crippen LogP contribution is -2.46. The van der Waals surface area contributed by atoms with Crippen LogP contribution in [0.1, 0.15) is 5.69 Å². The zero-order chi connectivity index (χ0) is 20.8. The number of aromatic nitrogens is 2.